The molecule has 146 valence electrons. The lowest BCUT2D eigenvalue weighted by Crippen LogP contribution is -2.27. The minimum Gasteiger partial charge on any atom is -0.491 e. The van der Waals surface area contributed by atoms with Gasteiger partial charge in [-0.15, -0.1) is 0 Å². The highest BCUT2D eigenvalue weighted by molar-refractivity contribution is 5.93. The van der Waals surface area contributed by atoms with Crippen molar-refractivity contribution in [3.8, 4) is 11.5 Å². The van der Waals surface area contributed by atoms with Crippen molar-refractivity contribution in [2.75, 3.05) is 18.5 Å². The number of ether oxygens (including phenoxy) is 2. The molecule has 27 heavy (non-hydrogen) atoms. The van der Waals surface area contributed by atoms with Gasteiger partial charge < -0.3 is 20.1 Å². The highest BCUT2D eigenvalue weighted by Gasteiger charge is 2.07. The van der Waals surface area contributed by atoms with E-state index in [0.717, 1.165) is 24.2 Å². The van der Waals surface area contributed by atoms with Crippen LogP contribution in [0, 0.1) is 0 Å². The highest BCUT2D eigenvalue weighted by atomic mass is 16.5. The number of hydrogen-bond donors (Lipinski definition) is 2. The minimum atomic E-state index is -0.0960. The first-order valence-electron chi connectivity index (χ1n) is 9.56. The Balaban J connectivity index is 1.78. The van der Waals surface area contributed by atoms with Gasteiger partial charge in [0.2, 0.25) is 5.91 Å². The van der Waals surface area contributed by atoms with Crippen LogP contribution in [0.1, 0.15) is 39.2 Å². The number of carbonyl (C=O) groups excluding carboxylic acids is 1. The second kappa shape index (κ2) is 11.2. The van der Waals surface area contributed by atoms with Crippen LogP contribution in [-0.4, -0.2) is 25.2 Å². The summed E-state index contributed by atoms with van der Waals surface area (Å²) >= 11 is 0. The van der Waals surface area contributed by atoms with Crippen LogP contribution in [0.4, 0.5) is 5.69 Å². The molecule has 5 nitrogen and oxygen atoms in total. The molecule has 0 fully saturated rings. The predicted molar refractivity (Wildman–Crippen MR) is 109 cm³/mol. The molecule has 0 bridgehead atoms. The van der Waals surface area contributed by atoms with Crippen molar-refractivity contribution in [3.63, 3.8) is 0 Å². The summed E-state index contributed by atoms with van der Waals surface area (Å²) in [5.74, 6) is 1.47. The first-order chi connectivity index (χ1) is 13.1. The van der Waals surface area contributed by atoms with E-state index in [0.29, 0.717) is 24.6 Å². The van der Waals surface area contributed by atoms with E-state index in [1.54, 1.807) is 0 Å². The predicted octanol–water partition coefficient (Wildman–Crippen LogP) is 4.38. The van der Waals surface area contributed by atoms with Crippen molar-refractivity contribution in [1.82, 2.24) is 5.32 Å². The fourth-order valence-electron chi connectivity index (χ4n) is 2.50. The minimum absolute atomic E-state index is 0.0960. The molecule has 0 saturated heterocycles. The lowest BCUT2D eigenvalue weighted by molar-refractivity contribution is -0.115. The maximum absolute atomic E-state index is 12.2. The lowest BCUT2D eigenvalue weighted by atomic mass is 10.2. The van der Waals surface area contributed by atoms with Crippen molar-refractivity contribution in [2.45, 2.75) is 46.3 Å². The Labute approximate surface area is 162 Å². The molecule has 2 N–H and O–H groups in total. The highest BCUT2D eigenvalue weighted by Crippen LogP contribution is 2.23. The molecule has 0 unspecified atom stereocenters. The number of amides is 1. The third-order valence-electron chi connectivity index (χ3n) is 3.83. The number of hydrogen-bond acceptors (Lipinski definition) is 4. The Hall–Kier alpha value is -2.53. The van der Waals surface area contributed by atoms with Gasteiger partial charge in [-0.25, -0.2) is 0 Å². The number of para-hydroxylation sites is 2. The Kier molecular flexibility index (Phi) is 8.65. The van der Waals surface area contributed by atoms with Crippen LogP contribution in [0.3, 0.4) is 0 Å². The van der Waals surface area contributed by atoms with Crippen LogP contribution >= 0.6 is 0 Å². The second-order valence-electron chi connectivity index (χ2n) is 6.66. The van der Waals surface area contributed by atoms with Gasteiger partial charge >= 0.3 is 0 Å². The van der Waals surface area contributed by atoms with Crippen molar-refractivity contribution in [3.05, 3.63) is 54.1 Å². The van der Waals surface area contributed by atoms with E-state index in [2.05, 4.69) is 17.6 Å². The van der Waals surface area contributed by atoms with Crippen LogP contribution in [0.5, 0.6) is 11.5 Å². The zero-order chi connectivity index (χ0) is 19.5. The summed E-state index contributed by atoms with van der Waals surface area (Å²) in [6.45, 7) is 7.62. The summed E-state index contributed by atoms with van der Waals surface area (Å²) in [4.78, 5) is 12.2. The molecule has 2 aromatic carbocycles. The number of benzene rings is 2. The topological polar surface area (TPSA) is 59.6 Å². The van der Waals surface area contributed by atoms with Crippen LogP contribution < -0.4 is 20.1 Å². The third kappa shape index (κ3) is 7.71. The fraction of sp³-hybridized carbons (Fsp3) is 0.409. The largest absolute Gasteiger partial charge is 0.491 e. The van der Waals surface area contributed by atoms with Gasteiger partial charge in [-0.05, 0) is 50.1 Å². The monoisotopic (exact) mass is 370 g/mol. The SMILES string of the molecule is CCCCOc1ccccc1NC(=O)CNCc1ccc(OC(C)C)cc1. The molecule has 2 rings (SSSR count). The molecule has 5 heteroatoms. The van der Waals surface area contributed by atoms with Gasteiger partial charge in [-0.1, -0.05) is 37.6 Å². The number of rotatable bonds is 11. The molecular weight excluding hydrogens is 340 g/mol. The average Bonchev–Trinajstić information content (AvgIpc) is 2.64. The molecule has 0 aliphatic rings. The molecule has 0 radical (unpaired) electrons. The molecule has 0 saturated carbocycles. The quantitative estimate of drug-likeness (QED) is 0.576. The standard InChI is InChI=1S/C22H30N2O3/c1-4-5-14-26-21-9-7-6-8-20(21)24-22(25)16-23-15-18-10-12-19(13-11-18)27-17(2)3/h6-13,17,23H,4-5,14-16H2,1-3H3,(H,24,25). The first-order valence-corrected chi connectivity index (χ1v) is 9.56. The zero-order valence-electron chi connectivity index (χ0n) is 16.5. The van der Waals surface area contributed by atoms with E-state index in [1.165, 1.54) is 0 Å². The normalized spacial score (nSPS) is 10.7. The van der Waals surface area contributed by atoms with Gasteiger partial charge in [0.05, 0.1) is 24.9 Å². The maximum atomic E-state index is 12.2. The second-order valence-corrected chi connectivity index (χ2v) is 6.66. The number of unbranched alkanes of at least 4 members (excludes halogenated alkanes) is 1. The van der Waals surface area contributed by atoms with Gasteiger partial charge in [-0.2, -0.15) is 0 Å². The Bertz CT molecular complexity index is 699. The van der Waals surface area contributed by atoms with Gasteiger partial charge in [-0.3, -0.25) is 4.79 Å². The molecular formula is C22H30N2O3. The van der Waals surface area contributed by atoms with Crippen molar-refractivity contribution in [1.29, 1.82) is 0 Å². The summed E-state index contributed by atoms with van der Waals surface area (Å²) in [6.07, 6.45) is 2.22. The lowest BCUT2D eigenvalue weighted by Gasteiger charge is -2.13. The molecule has 2 aromatic rings. The number of anilines is 1. The zero-order valence-corrected chi connectivity index (χ0v) is 16.5. The summed E-state index contributed by atoms with van der Waals surface area (Å²) in [5.41, 5.74) is 1.80. The van der Waals surface area contributed by atoms with Crippen molar-refractivity contribution in [2.24, 2.45) is 0 Å². The molecule has 0 aliphatic heterocycles. The van der Waals surface area contributed by atoms with E-state index in [1.807, 2.05) is 62.4 Å². The van der Waals surface area contributed by atoms with Crippen LogP contribution in [0.2, 0.25) is 0 Å². The number of nitrogens with one attached hydrogen (secondary N) is 2. The van der Waals surface area contributed by atoms with Crippen molar-refractivity contribution >= 4 is 11.6 Å². The molecule has 0 aliphatic carbocycles. The molecule has 0 aromatic heterocycles. The Morgan fingerprint density at radius 1 is 1.07 bits per heavy atom. The molecule has 0 heterocycles. The molecule has 1 amide bonds. The van der Waals surface area contributed by atoms with Gasteiger partial charge in [0.1, 0.15) is 11.5 Å². The average molecular weight is 370 g/mol. The van der Waals surface area contributed by atoms with Crippen LogP contribution in [0.25, 0.3) is 0 Å². The smallest absolute Gasteiger partial charge is 0.238 e. The Morgan fingerprint density at radius 2 is 1.81 bits per heavy atom. The summed E-state index contributed by atoms with van der Waals surface area (Å²) < 4.78 is 11.4. The first kappa shape index (κ1) is 20.8. The molecule has 0 spiro atoms. The summed E-state index contributed by atoms with van der Waals surface area (Å²) in [7, 11) is 0. The van der Waals surface area contributed by atoms with E-state index < -0.39 is 0 Å². The summed E-state index contributed by atoms with van der Waals surface area (Å²) in [5, 5.41) is 6.07. The van der Waals surface area contributed by atoms with Gasteiger partial charge in [0.25, 0.3) is 0 Å². The van der Waals surface area contributed by atoms with E-state index in [-0.39, 0.29) is 18.6 Å². The fourth-order valence-corrected chi connectivity index (χ4v) is 2.50. The van der Waals surface area contributed by atoms with Crippen molar-refractivity contribution < 1.29 is 14.3 Å². The van der Waals surface area contributed by atoms with Gasteiger partial charge in [0.15, 0.2) is 0 Å². The van der Waals surface area contributed by atoms with E-state index >= 15 is 0 Å². The van der Waals surface area contributed by atoms with Gasteiger partial charge in [0, 0.05) is 6.54 Å². The maximum Gasteiger partial charge on any atom is 0.238 e. The van der Waals surface area contributed by atoms with E-state index in [4.69, 9.17) is 9.47 Å². The third-order valence-corrected chi connectivity index (χ3v) is 3.83. The van der Waals surface area contributed by atoms with Crippen LogP contribution in [-0.2, 0) is 11.3 Å². The molecule has 0 atom stereocenters. The van der Waals surface area contributed by atoms with Crippen LogP contribution in [0.15, 0.2) is 48.5 Å². The Morgan fingerprint density at radius 3 is 2.52 bits per heavy atom. The number of carbonyl (C=O) groups is 1. The summed E-state index contributed by atoms with van der Waals surface area (Å²) in [6, 6.07) is 15.4. The van der Waals surface area contributed by atoms with E-state index in [9.17, 15) is 4.79 Å².